The first-order valence-corrected chi connectivity index (χ1v) is 10.8. The average Bonchev–Trinajstić information content (AvgIpc) is 3.66. The fourth-order valence-corrected chi connectivity index (χ4v) is 4.60. The van der Waals surface area contributed by atoms with E-state index in [1.165, 1.54) is 11.1 Å². The lowest BCUT2D eigenvalue weighted by atomic mass is 10.2. The molecule has 1 atom stereocenters. The van der Waals surface area contributed by atoms with Gasteiger partial charge in [0.15, 0.2) is 5.82 Å². The lowest BCUT2D eigenvalue weighted by molar-refractivity contribution is -0.141. The van der Waals surface area contributed by atoms with Crippen molar-refractivity contribution < 1.29 is 22.0 Å². The number of halogens is 5. The fraction of sp³-hybridized carbons (Fsp3) is 0.409. The topological polar surface area (TPSA) is 88.5 Å². The van der Waals surface area contributed by atoms with E-state index in [0.717, 1.165) is 25.1 Å². The molecule has 0 radical (unpaired) electrons. The van der Waals surface area contributed by atoms with Gasteiger partial charge in [-0.15, -0.1) is 0 Å². The second-order valence-electron chi connectivity index (χ2n) is 8.98. The molecule has 34 heavy (non-hydrogen) atoms. The molecule has 2 fully saturated rings. The Labute approximate surface area is 190 Å². The Morgan fingerprint density at radius 3 is 2.38 bits per heavy atom. The Bertz CT molecular complexity index is 1290. The molecule has 3 aliphatic carbocycles. The summed E-state index contributed by atoms with van der Waals surface area (Å²) in [4.78, 5) is 20.0. The number of nitrogens with one attached hydrogen (secondary N) is 2. The molecule has 2 heterocycles. The van der Waals surface area contributed by atoms with Crippen molar-refractivity contribution in [2.24, 2.45) is 0 Å². The Hall–Kier alpha value is -3.44. The van der Waals surface area contributed by atoms with E-state index >= 15 is 0 Å². The van der Waals surface area contributed by atoms with Gasteiger partial charge in [-0.1, -0.05) is 6.07 Å². The standard InChI is InChI=1S/C22H18F5N7/c23-21(24)5-3-12(10-21)30-19-33-17(16-28-8-4-15(31-16)22(25,26)27)32-18(34-19)29-11-1-2-13-14(9-11)20(13)6-7-20/h1-2,4,8-9,12H,3,5-7,10H2,(H2,29,30,32,33,34). The van der Waals surface area contributed by atoms with Gasteiger partial charge in [-0.2, -0.15) is 28.1 Å². The van der Waals surface area contributed by atoms with Gasteiger partial charge >= 0.3 is 6.18 Å². The highest BCUT2D eigenvalue weighted by Gasteiger charge is 2.59. The third kappa shape index (κ3) is 3.80. The molecule has 0 aliphatic heterocycles. The lowest BCUT2D eigenvalue weighted by Crippen LogP contribution is -2.21. The van der Waals surface area contributed by atoms with Gasteiger partial charge in [-0.3, -0.25) is 0 Å². The van der Waals surface area contributed by atoms with Gasteiger partial charge in [0.1, 0.15) is 5.69 Å². The van der Waals surface area contributed by atoms with E-state index in [2.05, 4.69) is 35.6 Å². The Balaban J connectivity index is 1.33. The summed E-state index contributed by atoms with van der Waals surface area (Å²) >= 11 is 0. The molecule has 2 saturated carbocycles. The first-order valence-electron chi connectivity index (χ1n) is 10.8. The van der Waals surface area contributed by atoms with Crippen LogP contribution in [0.25, 0.3) is 11.6 Å². The Kier molecular flexibility index (Phi) is 4.37. The number of rotatable bonds is 5. The van der Waals surface area contributed by atoms with Gasteiger partial charge in [-0.25, -0.2) is 18.7 Å². The van der Waals surface area contributed by atoms with E-state index in [0.29, 0.717) is 5.69 Å². The van der Waals surface area contributed by atoms with Crippen LogP contribution in [-0.2, 0) is 11.6 Å². The molecule has 3 aliphatic rings. The van der Waals surface area contributed by atoms with Crippen molar-refractivity contribution >= 4 is 17.6 Å². The number of anilines is 3. The zero-order chi connectivity index (χ0) is 23.7. The smallest absolute Gasteiger partial charge is 0.351 e. The molecular formula is C22H18F5N7. The number of benzene rings is 1. The molecule has 12 heteroatoms. The maximum Gasteiger partial charge on any atom is 0.433 e. The molecule has 0 saturated heterocycles. The summed E-state index contributed by atoms with van der Waals surface area (Å²) in [5.41, 5.74) is 2.40. The van der Waals surface area contributed by atoms with E-state index in [9.17, 15) is 22.0 Å². The normalized spacial score (nSPS) is 21.3. The van der Waals surface area contributed by atoms with Crippen molar-refractivity contribution in [2.45, 2.75) is 55.7 Å². The predicted molar refractivity (Wildman–Crippen MR) is 112 cm³/mol. The monoisotopic (exact) mass is 475 g/mol. The number of hydrogen-bond donors (Lipinski definition) is 2. The summed E-state index contributed by atoms with van der Waals surface area (Å²) in [6.07, 6.45) is -1.87. The fourth-order valence-electron chi connectivity index (χ4n) is 4.60. The van der Waals surface area contributed by atoms with Crippen molar-refractivity contribution in [1.29, 1.82) is 0 Å². The molecule has 1 spiro atoms. The number of aromatic nitrogens is 5. The Morgan fingerprint density at radius 1 is 0.882 bits per heavy atom. The van der Waals surface area contributed by atoms with E-state index in [-0.39, 0.29) is 48.2 Å². The summed E-state index contributed by atoms with van der Waals surface area (Å²) < 4.78 is 66.7. The third-order valence-electron chi connectivity index (χ3n) is 6.51. The molecule has 1 aromatic carbocycles. The van der Waals surface area contributed by atoms with Gasteiger partial charge in [-0.05, 0) is 48.6 Å². The van der Waals surface area contributed by atoms with E-state index in [1.807, 2.05) is 18.2 Å². The minimum atomic E-state index is -4.67. The third-order valence-corrected chi connectivity index (χ3v) is 6.51. The number of alkyl halides is 5. The summed E-state index contributed by atoms with van der Waals surface area (Å²) in [5.74, 6) is -3.34. The van der Waals surface area contributed by atoms with Crippen LogP contribution in [-0.4, -0.2) is 36.9 Å². The first kappa shape index (κ1) is 21.1. The van der Waals surface area contributed by atoms with E-state index in [4.69, 9.17) is 0 Å². The van der Waals surface area contributed by atoms with E-state index in [1.54, 1.807) is 0 Å². The average molecular weight is 475 g/mol. The molecule has 0 bridgehead atoms. The second kappa shape index (κ2) is 7.03. The van der Waals surface area contributed by atoms with Crippen LogP contribution in [0.5, 0.6) is 0 Å². The molecule has 7 nitrogen and oxygen atoms in total. The van der Waals surface area contributed by atoms with Crippen LogP contribution in [0.3, 0.4) is 0 Å². The van der Waals surface area contributed by atoms with Crippen molar-refractivity contribution in [3.63, 3.8) is 0 Å². The van der Waals surface area contributed by atoms with Crippen LogP contribution >= 0.6 is 0 Å². The summed E-state index contributed by atoms with van der Waals surface area (Å²) in [5, 5.41) is 5.91. The van der Waals surface area contributed by atoms with Crippen LogP contribution in [0.1, 0.15) is 48.9 Å². The van der Waals surface area contributed by atoms with Crippen LogP contribution in [0.4, 0.5) is 39.5 Å². The number of nitrogens with zero attached hydrogens (tertiary/aromatic N) is 5. The van der Waals surface area contributed by atoms with E-state index < -0.39 is 23.8 Å². The van der Waals surface area contributed by atoms with Crippen molar-refractivity contribution in [3.05, 3.63) is 47.3 Å². The number of fused-ring (bicyclic) bond motifs is 3. The van der Waals surface area contributed by atoms with Gasteiger partial charge in [0, 0.05) is 36.2 Å². The van der Waals surface area contributed by atoms with Crippen LogP contribution < -0.4 is 10.6 Å². The SMILES string of the molecule is FC1(F)CCC(Nc2nc(Nc3ccc4c(c3)C43CC3)nc(-c3nccc(C(F)(F)F)n3)n2)C1. The van der Waals surface area contributed by atoms with Gasteiger partial charge < -0.3 is 10.6 Å². The quantitative estimate of drug-likeness (QED) is 0.498. The highest BCUT2D eigenvalue weighted by Crippen LogP contribution is 2.67. The van der Waals surface area contributed by atoms with Gasteiger partial charge in [0.25, 0.3) is 0 Å². The summed E-state index contributed by atoms with van der Waals surface area (Å²) in [7, 11) is 0. The Morgan fingerprint density at radius 2 is 1.68 bits per heavy atom. The highest BCUT2D eigenvalue weighted by molar-refractivity contribution is 5.71. The zero-order valence-corrected chi connectivity index (χ0v) is 17.6. The predicted octanol–water partition coefficient (Wildman–Crippen LogP) is 5.08. The molecule has 3 aromatic rings. The maximum absolute atomic E-state index is 13.6. The summed E-state index contributed by atoms with van der Waals surface area (Å²) in [6, 6.07) is 6.07. The minimum absolute atomic E-state index is 0.0402. The minimum Gasteiger partial charge on any atom is -0.351 e. The van der Waals surface area contributed by atoms with Crippen molar-refractivity contribution in [1.82, 2.24) is 24.9 Å². The van der Waals surface area contributed by atoms with Crippen LogP contribution in [0, 0.1) is 0 Å². The molecule has 2 aromatic heterocycles. The molecule has 0 amide bonds. The van der Waals surface area contributed by atoms with Crippen molar-refractivity contribution in [3.8, 4) is 11.6 Å². The zero-order valence-electron chi connectivity index (χ0n) is 17.6. The molecule has 6 rings (SSSR count). The first-order chi connectivity index (χ1) is 16.1. The van der Waals surface area contributed by atoms with Gasteiger partial charge in [0.05, 0.1) is 0 Å². The lowest BCUT2D eigenvalue weighted by Gasteiger charge is -2.14. The maximum atomic E-state index is 13.6. The number of hydrogen-bond acceptors (Lipinski definition) is 7. The molecule has 176 valence electrons. The highest BCUT2D eigenvalue weighted by atomic mass is 19.4. The summed E-state index contributed by atoms with van der Waals surface area (Å²) in [6.45, 7) is 0. The van der Waals surface area contributed by atoms with Crippen LogP contribution in [0.15, 0.2) is 30.5 Å². The molecule has 2 N–H and O–H groups in total. The molecular weight excluding hydrogens is 457 g/mol. The molecule has 1 unspecified atom stereocenters. The largest absolute Gasteiger partial charge is 0.433 e. The van der Waals surface area contributed by atoms with Crippen LogP contribution in [0.2, 0.25) is 0 Å². The second-order valence-corrected chi connectivity index (χ2v) is 8.98. The van der Waals surface area contributed by atoms with Gasteiger partial charge in [0.2, 0.25) is 23.6 Å². The van der Waals surface area contributed by atoms with Crippen molar-refractivity contribution in [2.75, 3.05) is 10.6 Å².